The van der Waals surface area contributed by atoms with Gasteiger partial charge < -0.3 is 4.90 Å². The number of hydrogen-bond donors (Lipinski definition) is 0. The number of rotatable bonds is 4. The summed E-state index contributed by atoms with van der Waals surface area (Å²) in [5.74, 6) is 0.886. The van der Waals surface area contributed by atoms with Crippen molar-refractivity contribution in [3.8, 4) is 0 Å². The molecule has 0 aromatic heterocycles. The van der Waals surface area contributed by atoms with Gasteiger partial charge in [0.25, 0.3) is 0 Å². The number of carbonyl (C=O) groups is 1. The topological polar surface area (TPSA) is 57.7 Å². The van der Waals surface area contributed by atoms with Crippen molar-refractivity contribution in [2.45, 2.75) is 38.5 Å². The summed E-state index contributed by atoms with van der Waals surface area (Å²) in [6.07, 6.45) is 3.32. The van der Waals surface area contributed by atoms with E-state index in [2.05, 4.69) is 24.3 Å². The van der Waals surface area contributed by atoms with Crippen LogP contribution in [0.1, 0.15) is 44.1 Å². The fourth-order valence-electron chi connectivity index (χ4n) is 3.98. The van der Waals surface area contributed by atoms with E-state index in [0.29, 0.717) is 31.8 Å². The third kappa shape index (κ3) is 4.23. The van der Waals surface area contributed by atoms with Crippen LogP contribution < -0.4 is 0 Å². The van der Waals surface area contributed by atoms with Gasteiger partial charge in [-0.3, -0.25) is 4.79 Å². The van der Waals surface area contributed by atoms with Gasteiger partial charge in [0, 0.05) is 32.1 Å². The summed E-state index contributed by atoms with van der Waals surface area (Å²) in [6, 6.07) is 10.5. The van der Waals surface area contributed by atoms with Gasteiger partial charge in [-0.25, -0.2) is 12.7 Å². The second-order valence-electron chi connectivity index (χ2n) is 7.08. The maximum atomic E-state index is 12.8. The zero-order valence-electron chi connectivity index (χ0n) is 14.9. The third-order valence-electron chi connectivity index (χ3n) is 5.64. The molecule has 2 saturated heterocycles. The second-order valence-corrected chi connectivity index (χ2v) is 9.34. The van der Waals surface area contributed by atoms with Gasteiger partial charge in [-0.2, -0.15) is 0 Å². The fourth-order valence-corrected chi connectivity index (χ4v) is 5.11. The van der Waals surface area contributed by atoms with Crippen molar-refractivity contribution in [3.05, 3.63) is 35.9 Å². The molecule has 0 unspecified atom stereocenters. The number of likely N-dealkylation sites (tertiary alicyclic amines) is 1. The molecule has 0 N–H and O–H groups in total. The summed E-state index contributed by atoms with van der Waals surface area (Å²) in [4.78, 5) is 14.8. The molecular formula is C19H28N2O3S. The predicted molar refractivity (Wildman–Crippen MR) is 98.8 cm³/mol. The Kier molecular flexibility index (Phi) is 5.79. The van der Waals surface area contributed by atoms with Crippen molar-refractivity contribution in [1.29, 1.82) is 0 Å². The molecule has 0 radical (unpaired) electrons. The van der Waals surface area contributed by atoms with E-state index in [1.54, 1.807) is 11.2 Å². The van der Waals surface area contributed by atoms with E-state index in [0.717, 1.165) is 25.9 Å². The number of piperidine rings is 2. The second kappa shape index (κ2) is 7.87. The van der Waals surface area contributed by atoms with Gasteiger partial charge in [0.05, 0.1) is 5.75 Å². The maximum Gasteiger partial charge on any atom is 0.225 e. The number of nitrogens with zero attached hydrogens (tertiary/aromatic N) is 2. The van der Waals surface area contributed by atoms with Crippen molar-refractivity contribution in [3.63, 3.8) is 0 Å². The number of benzene rings is 1. The van der Waals surface area contributed by atoms with E-state index in [1.165, 1.54) is 5.56 Å². The molecule has 6 heteroatoms. The Morgan fingerprint density at radius 1 is 1.00 bits per heavy atom. The highest BCUT2D eigenvalue weighted by molar-refractivity contribution is 7.89. The lowest BCUT2D eigenvalue weighted by molar-refractivity contribution is -0.137. The third-order valence-corrected chi connectivity index (χ3v) is 7.52. The minimum atomic E-state index is -3.12. The largest absolute Gasteiger partial charge is 0.342 e. The average molecular weight is 365 g/mol. The zero-order chi connectivity index (χ0) is 17.9. The number of carbonyl (C=O) groups excluding carboxylic acids is 1. The van der Waals surface area contributed by atoms with E-state index in [1.807, 2.05) is 11.0 Å². The number of amides is 1. The van der Waals surface area contributed by atoms with Crippen molar-refractivity contribution in [1.82, 2.24) is 9.21 Å². The van der Waals surface area contributed by atoms with E-state index < -0.39 is 10.0 Å². The lowest BCUT2D eigenvalue weighted by Crippen LogP contribution is -2.46. The number of hydrogen-bond acceptors (Lipinski definition) is 3. The fraction of sp³-hybridized carbons (Fsp3) is 0.632. The van der Waals surface area contributed by atoms with Crippen LogP contribution in [0.4, 0.5) is 0 Å². The maximum absolute atomic E-state index is 12.8. The molecule has 0 aliphatic carbocycles. The first-order valence-electron chi connectivity index (χ1n) is 9.33. The van der Waals surface area contributed by atoms with Gasteiger partial charge in [-0.15, -0.1) is 0 Å². The molecule has 2 aliphatic heterocycles. The quantitative estimate of drug-likeness (QED) is 0.825. The molecule has 1 aromatic rings. The molecule has 2 aliphatic rings. The van der Waals surface area contributed by atoms with Crippen LogP contribution in [0.25, 0.3) is 0 Å². The monoisotopic (exact) mass is 364 g/mol. The molecule has 1 aromatic carbocycles. The standard InChI is InChI=1S/C19H28N2O3S/c1-2-25(23,24)21-14-10-18(11-15-21)19(22)20-12-8-17(9-13-20)16-6-4-3-5-7-16/h3-7,17-18H,2,8-15H2,1H3. The lowest BCUT2D eigenvalue weighted by atomic mass is 9.88. The summed E-state index contributed by atoms with van der Waals surface area (Å²) in [7, 11) is -3.12. The molecule has 138 valence electrons. The molecule has 25 heavy (non-hydrogen) atoms. The molecule has 0 spiro atoms. The van der Waals surface area contributed by atoms with Crippen LogP contribution >= 0.6 is 0 Å². The first kappa shape index (κ1) is 18.4. The Hall–Kier alpha value is -1.40. The Labute approximate surface area is 151 Å². The van der Waals surface area contributed by atoms with Gasteiger partial charge >= 0.3 is 0 Å². The van der Waals surface area contributed by atoms with Crippen molar-refractivity contribution in [2.24, 2.45) is 5.92 Å². The van der Waals surface area contributed by atoms with Crippen LogP contribution in [0.2, 0.25) is 0 Å². The van der Waals surface area contributed by atoms with Crippen molar-refractivity contribution >= 4 is 15.9 Å². The van der Waals surface area contributed by atoms with Gasteiger partial charge in [0.1, 0.15) is 0 Å². The van der Waals surface area contributed by atoms with Crippen LogP contribution in [-0.2, 0) is 14.8 Å². The average Bonchev–Trinajstić information content (AvgIpc) is 2.68. The van der Waals surface area contributed by atoms with Gasteiger partial charge in [0.2, 0.25) is 15.9 Å². The molecule has 0 saturated carbocycles. The van der Waals surface area contributed by atoms with Gasteiger partial charge in [-0.1, -0.05) is 30.3 Å². The summed E-state index contributed by atoms with van der Waals surface area (Å²) in [5.41, 5.74) is 1.37. The molecule has 0 atom stereocenters. The highest BCUT2D eigenvalue weighted by atomic mass is 32.2. The molecule has 2 fully saturated rings. The normalized spacial score (nSPS) is 21.4. The molecule has 0 bridgehead atoms. The predicted octanol–water partition coefficient (Wildman–Crippen LogP) is 2.45. The lowest BCUT2D eigenvalue weighted by Gasteiger charge is -2.37. The Morgan fingerprint density at radius 3 is 2.16 bits per heavy atom. The molecule has 1 amide bonds. The minimum absolute atomic E-state index is 0.0171. The molecular weight excluding hydrogens is 336 g/mol. The van der Waals surface area contributed by atoms with Crippen LogP contribution in [0.5, 0.6) is 0 Å². The highest BCUT2D eigenvalue weighted by Crippen LogP contribution is 2.30. The Bertz CT molecular complexity index is 674. The summed E-state index contributed by atoms with van der Waals surface area (Å²) in [6.45, 7) is 4.25. The highest BCUT2D eigenvalue weighted by Gasteiger charge is 2.33. The summed E-state index contributed by atoms with van der Waals surface area (Å²) in [5, 5.41) is 0. The molecule has 3 rings (SSSR count). The molecule has 5 nitrogen and oxygen atoms in total. The summed E-state index contributed by atoms with van der Waals surface area (Å²) < 4.78 is 25.4. The van der Waals surface area contributed by atoms with E-state index in [9.17, 15) is 13.2 Å². The SMILES string of the molecule is CCS(=O)(=O)N1CCC(C(=O)N2CCC(c3ccccc3)CC2)CC1. The van der Waals surface area contributed by atoms with Gasteiger partial charge in [-0.05, 0) is 44.1 Å². The smallest absolute Gasteiger partial charge is 0.225 e. The molecule has 2 heterocycles. The first-order valence-corrected chi connectivity index (χ1v) is 10.9. The van der Waals surface area contributed by atoms with Crippen molar-refractivity contribution < 1.29 is 13.2 Å². The van der Waals surface area contributed by atoms with Crippen LogP contribution in [0.15, 0.2) is 30.3 Å². The number of sulfonamides is 1. The Morgan fingerprint density at radius 2 is 1.60 bits per heavy atom. The van der Waals surface area contributed by atoms with E-state index >= 15 is 0 Å². The first-order chi connectivity index (χ1) is 12.0. The summed E-state index contributed by atoms with van der Waals surface area (Å²) >= 11 is 0. The van der Waals surface area contributed by atoms with E-state index in [4.69, 9.17) is 0 Å². The minimum Gasteiger partial charge on any atom is -0.342 e. The van der Waals surface area contributed by atoms with Crippen molar-refractivity contribution in [2.75, 3.05) is 31.9 Å². The van der Waals surface area contributed by atoms with Crippen LogP contribution in [-0.4, -0.2) is 55.5 Å². The van der Waals surface area contributed by atoms with Gasteiger partial charge in [0.15, 0.2) is 0 Å². The van der Waals surface area contributed by atoms with E-state index in [-0.39, 0.29) is 17.6 Å². The van der Waals surface area contributed by atoms with Crippen LogP contribution in [0, 0.1) is 5.92 Å². The Balaban J connectivity index is 1.50. The van der Waals surface area contributed by atoms with Crippen LogP contribution in [0.3, 0.4) is 0 Å². The zero-order valence-corrected chi connectivity index (χ0v) is 15.7.